The van der Waals surface area contributed by atoms with Crippen molar-refractivity contribution < 1.29 is 31.0 Å². The highest BCUT2D eigenvalue weighted by Gasteiger charge is 2.56. The summed E-state index contributed by atoms with van der Waals surface area (Å²) in [5, 5.41) is 0. The van der Waals surface area contributed by atoms with E-state index < -0.39 is 0 Å². The highest BCUT2D eigenvalue weighted by Crippen LogP contribution is 2.56. The number of nitrogens with zero attached hydrogens (tertiary/aromatic N) is 2. The third-order valence-corrected chi connectivity index (χ3v) is 7.15. The molecular weight excluding hydrogens is 416 g/mol. The maximum absolute atomic E-state index is 5.59. The first-order valence-electron chi connectivity index (χ1n) is 11.1. The minimum Gasteiger partial charge on any atom is -1.00 e. The molecule has 0 aromatic carbocycles. The molecule has 4 fully saturated rings. The zero-order valence-electron chi connectivity index (χ0n) is 17.6. The fourth-order valence-corrected chi connectivity index (χ4v) is 6.33. The number of hydrogen-bond acceptors (Lipinski definition) is 3. The molecule has 4 aliphatic rings. The van der Waals surface area contributed by atoms with Crippen LogP contribution in [0.1, 0.15) is 52.4 Å². The Morgan fingerprint density at radius 1 is 0.893 bits per heavy atom. The number of anilines is 1. The van der Waals surface area contributed by atoms with Crippen LogP contribution in [0.25, 0.3) is 0 Å². The van der Waals surface area contributed by atoms with E-state index in [1.165, 1.54) is 44.2 Å². The molecule has 0 N–H and O–H groups in total. The number of hydrogen-bond donors (Lipinski definition) is 0. The highest BCUT2D eigenvalue weighted by atomic mass is 79.9. The van der Waals surface area contributed by atoms with Crippen molar-refractivity contribution in [1.29, 1.82) is 0 Å². The van der Waals surface area contributed by atoms with Crippen LogP contribution in [0.5, 0.6) is 0 Å². The Labute approximate surface area is 181 Å². The Bertz CT molecular complexity index is 562. The molecule has 0 unspecified atom stereocenters. The van der Waals surface area contributed by atoms with Gasteiger partial charge in [0.25, 0.3) is 0 Å². The Morgan fingerprint density at radius 3 is 1.79 bits per heavy atom. The van der Waals surface area contributed by atoms with Gasteiger partial charge in [-0.1, -0.05) is 0 Å². The summed E-state index contributed by atoms with van der Waals surface area (Å²) >= 11 is 0. The van der Waals surface area contributed by atoms with Crippen molar-refractivity contribution in [1.82, 2.24) is 0 Å². The average molecular weight is 453 g/mol. The molecule has 0 aliphatic heterocycles. The quantitative estimate of drug-likeness (QED) is 0.387. The predicted molar refractivity (Wildman–Crippen MR) is 108 cm³/mol. The standard InChI is InChI=1S/C23H37N2O2.BrH/c1-3-26-11-9-24(10-12-27-4-2)22-5-7-25(8-6-22)23-16-19-13-20(17-23)15-21(14-19)18-23;/h5-8,19-21H,3-4,9-18H2,1-2H3;1H/q+1;/p-1. The van der Waals surface area contributed by atoms with Crippen molar-refractivity contribution in [3.63, 3.8) is 0 Å². The van der Waals surface area contributed by atoms with Crippen molar-refractivity contribution in [3.8, 4) is 0 Å². The van der Waals surface area contributed by atoms with Gasteiger partial charge in [-0.05, 0) is 50.9 Å². The summed E-state index contributed by atoms with van der Waals surface area (Å²) in [6.07, 6.45) is 13.4. The molecule has 0 saturated heterocycles. The minimum atomic E-state index is 0. The number of halogens is 1. The normalized spacial score (nSPS) is 30.3. The number of ether oxygens (including phenoxy) is 2. The second kappa shape index (κ2) is 9.90. The summed E-state index contributed by atoms with van der Waals surface area (Å²) in [4.78, 5) is 2.40. The molecule has 1 aromatic rings. The Balaban J connectivity index is 0.00000225. The lowest BCUT2D eigenvalue weighted by molar-refractivity contribution is -0.776. The van der Waals surface area contributed by atoms with Crippen LogP contribution >= 0.6 is 0 Å². The smallest absolute Gasteiger partial charge is 0.171 e. The molecule has 5 rings (SSSR count). The van der Waals surface area contributed by atoms with Gasteiger partial charge in [0.1, 0.15) is 0 Å². The molecule has 158 valence electrons. The van der Waals surface area contributed by atoms with E-state index in [-0.39, 0.29) is 17.0 Å². The van der Waals surface area contributed by atoms with E-state index in [1.54, 1.807) is 0 Å². The summed E-state index contributed by atoms with van der Waals surface area (Å²) in [5.74, 6) is 2.95. The van der Waals surface area contributed by atoms with E-state index in [2.05, 4.69) is 47.8 Å². The third-order valence-electron chi connectivity index (χ3n) is 7.15. The van der Waals surface area contributed by atoms with Gasteiger partial charge >= 0.3 is 0 Å². The van der Waals surface area contributed by atoms with Crippen LogP contribution in [0.2, 0.25) is 0 Å². The second-order valence-electron chi connectivity index (χ2n) is 8.99. The predicted octanol–water partition coefficient (Wildman–Crippen LogP) is 0.783. The van der Waals surface area contributed by atoms with E-state index in [9.17, 15) is 0 Å². The maximum Gasteiger partial charge on any atom is 0.171 e. The van der Waals surface area contributed by atoms with Gasteiger partial charge in [0.15, 0.2) is 17.9 Å². The number of rotatable bonds is 10. The second-order valence-corrected chi connectivity index (χ2v) is 8.99. The fraction of sp³-hybridized carbons (Fsp3) is 0.783. The van der Waals surface area contributed by atoms with Crippen molar-refractivity contribution in [2.45, 2.75) is 57.9 Å². The lowest BCUT2D eigenvalue weighted by Gasteiger charge is -2.53. The molecular formula is C23H37BrN2O2. The Hall–Kier alpha value is -0.650. The summed E-state index contributed by atoms with van der Waals surface area (Å²) in [6, 6.07) is 4.63. The van der Waals surface area contributed by atoms with Gasteiger partial charge in [-0.15, -0.1) is 0 Å². The Morgan fingerprint density at radius 2 is 1.36 bits per heavy atom. The molecule has 1 aromatic heterocycles. The van der Waals surface area contributed by atoms with Gasteiger partial charge < -0.3 is 31.4 Å². The summed E-state index contributed by atoms with van der Waals surface area (Å²) < 4.78 is 13.8. The van der Waals surface area contributed by atoms with E-state index in [0.717, 1.165) is 57.3 Å². The number of aromatic nitrogens is 1. The lowest BCUT2D eigenvalue weighted by Crippen LogP contribution is -3.00. The van der Waals surface area contributed by atoms with Crippen molar-refractivity contribution >= 4 is 5.69 Å². The van der Waals surface area contributed by atoms with Crippen molar-refractivity contribution in [2.75, 3.05) is 44.4 Å². The highest BCUT2D eigenvalue weighted by molar-refractivity contribution is 5.43. The first-order valence-corrected chi connectivity index (χ1v) is 11.1. The SMILES string of the molecule is CCOCCN(CCOCC)c1cc[n+](C23CC4CC(CC(C4)C2)C3)cc1.[Br-]. The molecule has 0 radical (unpaired) electrons. The van der Waals surface area contributed by atoms with Gasteiger partial charge in [0, 0.05) is 63.4 Å². The van der Waals surface area contributed by atoms with Gasteiger partial charge in [-0.2, -0.15) is 4.57 Å². The van der Waals surface area contributed by atoms with Crippen LogP contribution in [0.4, 0.5) is 5.69 Å². The molecule has 28 heavy (non-hydrogen) atoms. The summed E-state index contributed by atoms with van der Waals surface area (Å²) in [5.41, 5.74) is 1.70. The van der Waals surface area contributed by atoms with E-state index in [0.29, 0.717) is 5.54 Å². The van der Waals surface area contributed by atoms with Gasteiger partial charge in [0.2, 0.25) is 0 Å². The molecule has 4 bridgehead atoms. The van der Waals surface area contributed by atoms with Crippen LogP contribution in [-0.4, -0.2) is 39.5 Å². The van der Waals surface area contributed by atoms with Crippen molar-refractivity contribution in [2.24, 2.45) is 17.8 Å². The summed E-state index contributed by atoms with van der Waals surface area (Å²) in [6.45, 7) is 9.05. The van der Waals surface area contributed by atoms with Crippen LogP contribution < -0.4 is 26.4 Å². The molecule has 4 nitrogen and oxygen atoms in total. The zero-order valence-corrected chi connectivity index (χ0v) is 19.2. The van der Waals surface area contributed by atoms with Gasteiger partial charge in [-0.25, -0.2) is 0 Å². The first kappa shape index (κ1) is 22.0. The van der Waals surface area contributed by atoms with E-state index in [1.807, 2.05) is 0 Å². The first-order chi connectivity index (χ1) is 13.2. The minimum absolute atomic E-state index is 0. The fourth-order valence-electron chi connectivity index (χ4n) is 6.33. The monoisotopic (exact) mass is 452 g/mol. The van der Waals surface area contributed by atoms with Crippen LogP contribution in [0.3, 0.4) is 0 Å². The third kappa shape index (κ3) is 4.73. The molecule has 4 aliphatic carbocycles. The van der Waals surface area contributed by atoms with E-state index >= 15 is 0 Å². The van der Waals surface area contributed by atoms with E-state index in [4.69, 9.17) is 9.47 Å². The van der Waals surface area contributed by atoms with Crippen molar-refractivity contribution in [3.05, 3.63) is 24.5 Å². The van der Waals surface area contributed by atoms with Gasteiger partial charge in [-0.3, -0.25) is 0 Å². The van der Waals surface area contributed by atoms with Gasteiger partial charge in [0.05, 0.1) is 13.2 Å². The average Bonchev–Trinajstić information content (AvgIpc) is 2.66. The van der Waals surface area contributed by atoms with Crippen LogP contribution in [-0.2, 0) is 15.0 Å². The molecule has 5 heteroatoms. The van der Waals surface area contributed by atoms with Crippen LogP contribution in [0, 0.1) is 17.8 Å². The Kier molecular flexibility index (Phi) is 7.80. The zero-order chi connectivity index (χ0) is 18.7. The molecule has 1 heterocycles. The molecule has 0 atom stereocenters. The topological polar surface area (TPSA) is 25.6 Å². The molecule has 0 spiro atoms. The lowest BCUT2D eigenvalue weighted by atomic mass is 9.53. The molecule has 4 saturated carbocycles. The largest absolute Gasteiger partial charge is 1.00 e. The number of pyridine rings is 1. The summed E-state index contributed by atoms with van der Waals surface area (Å²) in [7, 11) is 0. The van der Waals surface area contributed by atoms with Crippen LogP contribution in [0.15, 0.2) is 24.5 Å². The maximum atomic E-state index is 5.59. The molecule has 0 amide bonds.